The summed E-state index contributed by atoms with van der Waals surface area (Å²) in [6.45, 7) is 4.25. The molecule has 0 aliphatic carbocycles. The van der Waals surface area contributed by atoms with Crippen LogP contribution in [0.15, 0.2) is 24.3 Å². The van der Waals surface area contributed by atoms with Gasteiger partial charge in [-0.25, -0.2) is 4.39 Å². The number of carbonyl (C=O) groups excluding carboxylic acids is 1. The molecule has 0 radical (unpaired) electrons. The number of ether oxygens (including phenoxy) is 2. The third-order valence-electron chi connectivity index (χ3n) is 4.15. The molecule has 0 bridgehead atoms. The quantitative estimate of drug-likeness (QED) is 0.782. The highest BCUT2D eigenvalue weighted by atomic mass is 35.5. The Morgan fingerprint density at radius 2 is 2.12 bits per heavy atom. The molecule has 1 unspecified atom stereocenters. The van der Waals surface area contributed by atoms with Gasteiger partial charge in [-0.3, -0.25) is 4.79 Å². The standard InChI is InChI=1S/C17H25FN2O3.ClH/c1-13(23-15-5-3-4-14(18)10-15)11-20-16(21)17(12-22-2)6-8-19-9-7-17;/h3-5,10,13,19H,6-9,11-12H2,1-2H3,(H,20,21);1H. The molecule has 1 fully saturated rings. The Balaban J connectivity index is 0.00000288. The van der Waals surface area contributed by atoms with Crippen LogP contribution in [-0.4, -0.2) is 45.4 Å². The van der Waals surface area contributed by atoms with Gasteiger partial charge in [0.2, 0.25) is 5.91 Å². The Morgan fingerprint density at radius 3 is 2.75 bits per heavy atom. The Kier molecular flexibility index (Phi) is 8.45. The minimum absolute atomic E-state index is 0. The van der Waals surface area contributed by atoms with Crippen LogP contribution in [0.2, 0.25) is 0 Å². The number of hydrogen-bond acceptors (Lipinski definition) is 4. The van der Waals surface area contributed by atoms with Crippen LogP contribution >= 0.6 is 12.4 Å². The number of nitrogens with one attached hydrogen (secondary N) is 2. The van der Waals surface area contributed by atoms with E-state index < -0.39 is 5.41 Å². The second-order valence-corrected chi connectivity index (χ2v) is 6.06. The van der Waals surface area contributed by atoms with Crippen molar-refractivity contribution in [2.45, 2.75) is 25.9 Å². The summed E-state index contributed by atoms with van der Waals surface area (Å²) in [7, 11) is 1.62. The number of benzene rings is 1. The van der Waals surface area contributed by atoms with Crippen LogP contribution in [0.25, 0.3) is 0 Å². The lowest BCUT2D eigenvalue weighted by Gasteiger charge is -2.35. The summed E-state index contributed by atoms with van der Waals surface area (Å²) in [6, 6.07) is 5.99. The average Bonchev–Trinajstić information content (AvgIpc) is 2.54. The van der Waals surface area contributed by atoms with E-state index in [0.717, 1.165) is 25.9 Å². The summed E-state index contributed by atoms with van der Waals surface area (Å²) in [6.07, 6.45) is 1.26. The normalized spacial score (nSPS) is 17.5. The molecule has 1 aliphatic heterocycles. The maximum atomic E-state index is 13.1. The number of methoxy groups -OCH3 is 1. The summed E-state index contributed by atoms with van der Waals surface area (Å²) in [5.74, 6) is 0.114. The van der Waals surface area contributed by atoms with Crippen molar-refractivity contribution in [3.63, 3.8) is 0 Å². The van der Waals surface area contributed by atoms with Crippen LogP contribution in [0, 0.1) is 11.2 Å². The fraction of sp³-hybridized carbons (Fsp3) is 0.588. The first-order chi connectivity index (χ1) is 11.1. The highest BCUT2D eigenvalue weighted by molar-refractivity contribution is 5.85. The Hall–Kier alpha value is -1.37. The number of hydrogen-bond donors (Lipinski definition) is 2. The molecule has 0 saturated carbocycles. The molecule has 1 aromatic carbocycles. The van der Waals surface area contributed by atoms with Crippen molar-refractivity contribution < 1.29 is 18.7 Å². The predicted molar refractivity (Wildman–Crippen MR) is 93.2 cm³/mol. The summed E-state index contributed by atoms with van der Waals surface area (Å²) >= 11 is 0. The van der Waals surface area contributed by atoms with Gasteiger partial charge in [0.05, 0.1) is 18.6 Å². The van der Waals surface area contributed by atoms with Gasteiger partial charge < -0.3 is 20.1 Å². The van der Waals surface area contributed by atoms with Crippen molar-refractivity contribution in [3.05, 3.63) is 30.1 Å². The van der Waals surface area contributed by atoms with Crippen LogP contribution in [0.4, 0.5) is 4.39 Å². The summed E-state index contributed by atoms with van der Waals surface area (Å²) in [4.78, 5) is 12.6. The molecule has 24 heavy (non-hydrogen) atoms. The Morgan fingerprint density at radius 1 is 1.42 bits per heavy atom. The molecule has 2 N–H and O–H groups in total. The van der Waals surface area contributed by atoms with Gasteiger partial charge in [-0.15, -0.1) is 12.4 Å². The molecule has 1 saturated heterocycles. The van der Waals surface area contributed by atoms with Gasteiger partial charge in [0.15, 0.2) is 0 Å². The van der Waals surface area contributed by atoms with E-state index in [1.165, 1.54) is 12.1 Å². The third-order valence-corrected chi connectivity index (χ3v) is 4.15. The Labute approximate surface area is 148 Å². The highest BCUT2D eigenvalue weighted by Crippen LogP contribution is 2.29. The first kappa shape index (κ1) is 20.7. The van der Waals surface area contributed by atoms with E-state index in [1.54, 1.807) is 19.2 Å². The van der Waals surface area contributed by atoms with E-state index in [2.05, 4.69) is 10.6 Å². The molecule has 5 nitrogen and oxygen atoms in total. The summed E-state index contributed by atoms with van der Waals surface area (Å²) in [5.41, 5.74) is -0.474. The molecule has 1 atom stereocenters. The van der Waals surface area contributed by atoms with Crippen LogP contribution in [-0.2, 0) is 9.53 Å². The van der Waals surface area contributed by atoms with E-state index in [1.807, 2.05) is 6.92 Å². The molecule has 1 aliphatic rings. The molecule has 1 amide bonds. The van der Waals surface area contributed by atoms with Gasteiger partial charge >= 0.3 is 0 Å². The van der Waals surface area contributed by atoms with Crippen LogP contribution in [0.5, 0.6) is 5.75 Å². The first-order valence-corrected chi connectivity index (χ1v) is 7.96. The second-order valence-electron chi connectivity index (χ2n) is 6.06. The lowest BCUT2D eigenvalue weighted by Crippen LogP contribution is -2.51. The minimum atomic E-state index is -0.474. The Bertz CT molecular complexity index is 519. The fourth-order valence-corrected chi connectivity index (χ4v) is 2.86. The van der Waals surface area contributed by atoms with Gasteiger partial charge in [-0.05, 0) is 45.0 Å². The number of carbonyl (C=O) groups is 1. The number of halogens is 2. The number of rotatable bonds is 7. The number of piperidine rings is 1. The maximum absolute atomic E-state index is 13.1. The van der Waals surface area contributed by atoms with Gasteiger partial charge in [0.1, 0.15) is 17.7 Å². The van der Waals surface area contributed by atoms with Crippen molar-refractivity contribution in [1.82, 2.24) is 10.6 Å². The monoisotopic (exact) mass is 360 g/mol. The van der Waals surface area contributed by atoms with Crippen LogP contribution in [0.3, 0.4) is 0 Å². The number of amides is 1. The largest absolute Gasteiger partial charge is 0.489 e. The van der Waals surface area contributed by atoms with Crippen LogP contribution < -0.4 is 15.4 Å². The zero-order valence-corrected chi connectivity index (χ0v) is 15.0. The minimum Gasteiger partial charge on any atom is -0.489 e. The van der Waals surface area contributed by atoms with Gasteiger partial charge in [-0.2, -0.15) is 0 Å². The van der Waals surface area contributed by atoms with Gasteiger partial charge in [0, 0.05) is 13.2 Å². The van der Waals surface area contributed by atoms with E-state index in [-0.39, 0.29) is 30.2 Å². The molecule has 1 heterocycles. The predicted octanol–water partition coefficient (Wildman–Crippen LogP) is 2.15. The molecule has 1 aromatic rings. The smallest absolute Gasteiger partial charge is 0.228 e. The highest BCUT2D eigenvalue weighted by Gasteiger charge is 2.39. The van der Waals surface area contributed by atoms with Crippen molar-refractivity contribution in [1.29, 1.82) is 0 Å². The maximum Gasteiger partial charge on any atom is 0.228 e. The average molecular weight is 361 g/mol. The van der Waals surface area contributed by atoms with Gasteiger partial charge in [-0.1, -0.05) is 6.07 Å². The van der Waals surface area contributed by atoms with Gasteiger partial charge in [0.25, 0.3) is 0 Å². The summed E-state index contributed by atoms with van der Waals surface area (Å²) < 4.78 is 24.0. The second kappa shape index (κ2) is 9.81. The molecular formula is C17H26ClFN2O3. The molecular weight excluding hydrogens is 335 g/mol. The van der Waals surface area contributed by atoms with Crippen molar-refractivity contribution in [3.8, 4) is 5.75 Å². The molecule has 2 rings (SSSR count). The lowest BCUT2D eigenvalue weighted by atomic mass is 9.78. The van der Waals surface area contributed by atoms with E-state index in [0.29, 0.717) is 18.9 Å². The first-order valence-electron chi connectivity index (χ1n) is 7.96. The van der Waals surface area contributed by atoms with E-state index >= 15 is 0 Å². The third kappa shape index (κ3) is 5.61. The lowest BCUT2D eigenvalue weighted by molar-refractivity contribution is -0.136. The van der Waals surface area contributed by atoms with Crippen molar-refractivity contribution in [2.75, 3.05) is 33.4 Å². The molecule has 0 spiro atoms. The fourth-order valence-electron chi connectivity index (χ4n) is 2.86. The topological polar surface area (TPSA) is 59.6 Å². The zero-order valence-electron chi connectivity index (χ0n) is 14.1. The van der Waals surface area contributed by atoms with Crippen molar-refractivity contribution >= 4 is 18.3 Å². The SMILES string of the molecule is COCC1(C(=O)NCC(C)Oc2cccc(F)c2)CCNCC1.Cl. The van der Waals surface area contributed by atoms with Crippen molar-refractivity contribution in [2.24, 2.45) is 5.41 Å². The van der Waals surface area contributed by atoms with E-state index in [9.17, 15) is 9.18 Å². The molecule has 7 heteroatoms. The van der Waals surface area contributed by atoms with Crippen LogP contribution in [0.1, 0.15) is 19.8 Å². The summed E-state index contributed by atoms with van der Waals surface area (Å²) in [5, 5.41) is 6.21. The zero-order chi connectivity index (χ0) is 16.7. The molecule has 0 aromatic heterocycles. The van der Waals surface area contributed by atoms with E-state index in [4.69, 9.17) is 9.47 Å². The molecule has 136 valence electrons.